The normalized spacial score (nSPS) is 13.0. The van der Waals surface area contributed by atoms with E-state index in [2.05, 4.69) is 13.8 Å². The molecular weight excluding hydrogens is 344 g/mol. The van der Waals surface area contributed by atoms with Crippen molar-refractivity contribution in [1.29, 1.82) is 0 Å². The van der Waals surface area contributed by atoms with Crippen molar-refractivity contribution in [3.63, 3.8) is 0 Å². The molecule has 0 spiro atoms. The van der Waals surface area contributed by atoms with Crippen molar-refractivity contribution in [3.05, 3.63) is 29.8 Å². The summed E-state index contributed by atoms with van der Waals surface area (Å²) in [5.41, 5.74) is 1.20. The van der Waals surface area contributed by atoms with Crippen LogP contribution in [0, 0.1) is 0 Å². The van der Waals surface area contributed by atoms with E-state index < -0.39 is 10.1 Å². The third kappa shape index (κ3) is 9.72. The lowest BCUT2D eigenvalue weighted by Gasteiger charge is -2.17. The Balaban J connectivity index is 2.39. The quantitative estimate of drug-likeness (QED) is 0.259. The number of benzene rings is 1. The lowest BCUT2D eigenvalue weighted by atomic mass is 9.88. The topological polar surface area (TPSA) is 54.4 Å². The molecule has 1 unspecified atom stereocenters. The van der Waals surface area contributed by atoms with Crippen LogP contribution in [-0.4, -0.2) is 13.0 Å². The first-order chi connectivity index (χ1) is 12.5. The number of unbranched alkanes of at least 4 members (excludes halogenated alkanes) is 9. The Bertz CT molecular complexity index is 564. The first-order valence-corrected chi connectivity index (χ1v) is 12.0. The molecule has 26 heavy (non-hydrogen) atoms. The Hall–Kier alpha value is -0.870. The highest BCUT2D eigenvalue weighted by molar-refractivity contribution is 7.85. The average molecular weight is 383 g/mol. The molecule has 1 rings (SSSR count). The second-order valence-electron chi connectivity index (χ2n) is 7.50. The third-order valence-corrected chi connectivity index (χ3v) is 6.08. The summed E-state index contributed by atoms with van der Waals surface area (Å²) in [7, 11) is -4.10. The maximum Gasteiger partial charge on any atom is 0.294 e. The van der Waals surface area contributed by atoms with Gasteiger partial charge in [0.1, 0.15) is 0 Å². The van der Waals surface area contributed by atoms with Gasteiger partial charge in [0, 0.05) is 0 Å². The van der Waals surface area contributed by atoms with Crippen LogP contribution in [0.4, 0.5) is 0 Å². The van der Waals surface area contributed by atoms with Gasteiger partial charge in [-0.1, -0.05) is 96.6 Å². The summed E-state index contributed by atoms with van der Waals surface area (Å²) < 4.78 is 31.5. The van der Waals surface area contributed by atoms with Gasteiger partial charge in [-0.25, -0.2) is 0 Å². The monoisotopic (exact) mass is 382 g/mol. The van der Waals surface area contributed by atoms with Gasteiger partial charge in [0.25, 0.3) is 10.1 Å². The lowest BCUT2D eigenvalue weighted by molar-refractivity contribution is 0.482. The highest BCUT2D eigenvalue weighted by Gasteiger charge is 2.14. The molecule has 1 N–H and O–H groups in total. The van der Waals surface area contributed by atoms with Crippen molar-refractivity contribution in [2.45, 2.75) is 108 Å². The van der Waals surface area contributed by atoms with E-state index in [1.807, 2.05) is 12.1 Å². The van der Waals surface area contributed by atoms with Crippen LogP contribution in [0.25, 0.3) is 0 Å². The first kappa shape index (κ1) is 23.2. The number of hydrogen-bond donors (Lipinski definition) is 1. The molecule has 0 aliphatic heterocycles. The molecule has 0 radical (unpaired) electrons. The zero-order valence-corrected chi connectivity index (χ0v) is 17.6. The van der Waals surface area contributed by atoms with E-state index in [4.69, 9.17) is 4.55 Å². The van der Waals surface area contributed by atoms with Crippen LogP contribution in [0.1, 0.15) is 109 Å². The Labute approximate surface area is 161 Å². The molecule has 0 saturated heterocycles. The predicted molar refractivity (Wildman–Crippen MR) is 110 cm³/mol. The highest BCUT2D eigenvalue weighted by atomic mass is 32.2. The van der Waals surface area contributed by atoms with Crippen LogP contribution >= 0.6 is 0 Å². The minimum atomic E-state index is -4.10. The molecule has 1 aromatic carbocycles. The van der Waals surface area contributed by atoms with E-state index in [-0.39, 0.29) is 4.90 Å². The predicted octanol–water partition coefficient (Wildman–Crippen LogP) is 7.13. The Morgan fingerprint density at radius 2 is 1.19 bits per heavy atom. The van der Waals surface area contributed by atoms with E-state index in [1.165, 1.54) is 94.7 Å². The second-order valence-corrected chi connectivity index (χ2v) is 8.92. The number of hydrogen-bond acceptors (Lipinski definition) is 2. The van der Waals surface area contributed by atoms with Crippen LogP contribution in [0.5, 0.6) is 0 Å². The standard InChI is InChI=1S/C22H38O3S/c1-3-5-7-8-9-10-11-12-13-15-20(14-6-4-2)21-16-18-22(19-17-21)26(23,24)25/h16-20H,3-15H2,1-2H3,(H,23,24,25). The van der Waals surface area contributed by atoms with Crippen molar-refractivity contribution in [1.82, 2.24) is 0 Å². The Morgan fingerprint density at radius 1 is 0.731 bits per heavy atom. The van der Waals surface area contributed by atoms with Gasteiger partial charge in [0.15, 0.2) is 0 Å². The average Bonchev–Trinajstić information content (AvgIpc) is 2.62. The molecule has 1 aromatic rings. The minimum Gasteiger partial charge on any atom is -0.282 e. The van der Waals surface area contributed by atoms with Crippen LogP contribution in [-0.2, 0) is 10.1 Å². The summed E-state index contributed by atoms with van der Waals surface area (Å²) in [6, 6.07) is 6.80. The van der Waals surface area contributed by atoms with Gasteiger partial charge < -0.3 is 0 Å². The maximum atomic E-state index is 11.2. The zero-order chi connectivity index (χ0) is 19.3. The smallest absolute Gasteiger partial charge is 0.282 e. The fourth-order valence-electron chi connectivity index (χ4n) is 3.54. The number of rotatable bonds is 15. The molecule has 1 atom stereocenters. The summed E-state index contributed by atoms with van der Waals surface area (Å²) in [6.07, 6.45) is 16.7. The minimum absolute atomic E-state index is 0.0152. The molecule has 0 aliphatic rings. The molecule has 3 nitrogen and oxygen atoms in total. The highest BCUT2D eigenvalue weighted by Crippen LogP contribution is 2.29. The van der Waals surface area contributed by atoms with Gasteiger partial charge in [-0.3, -0.25) is 4.55 Å². The Kier molecular flexibility index (Phi) is 11.9. The van der Waals surface area contributed by atoms with Crippen molar-refractivity contribution in [3.8, 4) is 0 Å². The molecule has 0 fully saturated rings. The molecule has 0 heterocycles. The molecule has 0 saturated carbocycles. The van der Waals surface area contributed by atoms with Gasteiger partial charge in [-0.15, -0.1) is 0 Å². The third-order valence-electron chi connectivity index (χ3n) is 5.21. The molecule has 0 bridgehead atoms. The van der Waals surface area contributed by atoms with Crippen LogP contribution < -0.4 is 0 Å². The lowest BCUT2D eigenvalue weighted by Crippen LogP contribution is -2.02. The van der Waals surface area contributed by atoms with E-state index in [0.29, 0.717) is 5.92 Å². The van der Waals surface area contributed by atoms with Crippen molar-refractivity contribution in [2.24, 2.45) is 0 Å². The van der Waals surface area contributed by atoms with Gasteiger partial charge >= 0.3 is 0 Å². The van der Waals surface area contributed by atoms with E-state index in [0.717, 1.165) is 6.42 Å². The summed E-state index contributed by atoms with van der Waals surface area (Å²) >= 11 is 0. The molecule has 4 heteroatoms. The van der Waals surface area contributed by atoms with Crippen LogP contribution in [0.3, 0.4) is 0 Å². The van der Waals surface area contributed by atoms with Crippen molar-refractivity contribution < 1.29 is 13.0 Å². The van der Waals surface area contributed by atoms with Crippen LogP contribution in [0.2, 0.25) is 0 Å². The summed E-state index contributed by atoms with van der Waals surface area (Å²) in [5, 5.41) is 0. The van der Waals surface area contributed by atoms with Crippen LogP contribution in [0.15, 0.2) is 29.2 Å². The van der Waals surface area contributed by atoms with E-state index in [1.54, 1.807) is 0 Å². The summed E-state index contributed by atoms with van der Waals surface area (Å²) in [4.78, 5) is -0.0152. The maximum absolute atomic E-state index is 11.2. The molecule has 0 amide bonds. The SMILES string of the molecule is CCCCCCCCCCCC(CCCC)c1ccc(S(=O)(=O)O)cc1. The molecule has 150 valence electrons. The molecular formula is C22H38O3S. The Morgan fingerprint density at radius 3 is 1.69 bits per heavy atom. The van der Waals surface area contributed by atoms with Crippen molar-refractivity contribution in [2.75, 3.05) is 0 Å². The largest absolute Gasteiger partial charge is 0.294 e. The molecule has 0 aliphatic carbocycles. The molecule has 0 aromatic heterocycles. The zero-order valence-electron chi connectivity index (χ0n) is 16.8. The second kappa shape index (κ2) is 13.3. The fourth-order valence-corrected chi connectivity index (χ4v) is 4.02. The van der Waals surface area contributed by atoms with Gasteiger partial charge in [-0.05, 0) is 36.5 Å². The van der Waals surface area contributed by atoms with Gasteiger partial charge in [0.05, 0.1) is 4.90 Å². The van der Waals surface area contributed by atoms with Crippen molar-refractivity contribution >= 4 is 10.1 Å². The van der Waals surface area contributed by atoms with E-state index in [9.17, 15) is 8.42 Å². The fraction of sp³-hybridized carbons (Fsp3) is 0.727. The van der Waals surface area contributed by atoms with Gasteiger partial charge in [0.2, 0.25) is 0 Å². The summed E-state index contributed by atoms with van der Waals surface area (Å²) in [6.45, 7) is 4.46. The van der Waals surface area contributed by atoms with Gasteiger partial charge in [-0.2, -0.15) is 8.42 Å². The van der Waals surface area contributed by atoms with E-state index >= 15 is 0 Å². The summed E-state index contributed by atoms with van der Waals surface area (Å²) in [5.74, 6) is 0.495. The first-order valence-electron chi connectivity index (χ1n) is 10.6.